The Morgan fingerprint density at radius 3 is 2.32 bits per heavy atom. The second-order valence-electron chi connectivity index (χ2n) is 3.60. The van der Waals surface area contributed by atoms with Crippen LogP contribution in [0.1, 0.15) is 10.4 Å². The Morgan fingerprint density at radius 2 is 1.68 bits per heavy atom. The summed E-state index contributed by atoms with van der Waals surface area (Å²) in [6, 6.07) is 10.9. The third kappa shape index (κ3) is 4.46. The summed E-state index contributed by atoms with van der Waals surface area (Å²) in [4.78, 5) is 11.9. The van der Waals surface area contributed by atoms with Gasteiger partial charge in [-0.25, -0.2) is 0 Å². The van der Waals surface area contributed by atoms with Gasteiger partial charge < -0.3 is 10.4 Å². The van der Waals surface area contributed by atoms with Crippen molar-refractivity contribution in [2.24, 2.45) is 0 Å². The molecular formula is C13H10Cl2KNO2. The van der Waals surface area contributed by atoms with Crippen LogP contribution in [0.5, 0.6) is 5.75 Å². The van der Waals surface area contributed by atoms with Crippen LogP contribution in [-0.2, 0) is 0 Å². The van der Waals surface area contributed by atoms with Gasteiger partial charge in [0.2, 0.25) is 0 Å². The topological polar surface area (TPSA) is 49.3 Å². The molecule has 0 saturated carbocycles. The van der Waals surface area contributed by atoms with Crippen molar-refractivity contribution in [2.75, 3.05) is 5.32 Å². The van der Waals surface area contributed by atoms with Gasteiger partial charge in [-0.1, -0.05) is 29.3 Å². The Kier molecular flexibility index (Phi) is 6.83. The number of rotatable bonds is 2. The zero-order valence-corrected chi connectivity index (χ0v) is 10.7. The van der Waals surface area contributed by atoms with Crippen molar-refractivity contribution in [3.8, 4) is 5.75 Å². The Balaban J connectivity index is 0.00000180. The van der Waals surface area contributed by atoms with Crippen molar-refractivity contribution in [3.05, 3.63) is 58.1 Å². The third-order valence-corrected chi connectivity index (χ3v) is 3.15. The molecule has 0 saturated heterocycles. The van der Waals surface area contributed by atoms with E-state index in [1.165, 1.54) is 24.3 Å². The second kappa shape index (κ2) is 7.64. The number of hydrogen-bond acceptors (Lipinski definition) is 2. The standard InChI is InChI=1S/C13H9Cl2NO2.K.H/c14-10-2-1-3-11(12(10)15)16-13(18)8-4-6-9(17)7-5-8;;/h1-7,17H,(H,16,18);;. The van der Waals surface area contributed by atoms with E-state index in [0.717, 1.165) is 0 Å². The number of amides is 1. The Hall–Kier alpha value is -0.0736. The molecule has 0 aliphatic rings. The zero-order valence-electron chi connectivity index (χ0n) is 9.15. The van der Waals surface area contributed by atoms with Crippen molar-refractivity contribution >= 4 is 86.2 Å². The fraction of sp³-hybridized carbons (Fsp3) is 0. The number of phenolic OH excluding ortho intramolecular Hbond substituents is 1. The summed E-state index contributed by atoms with van der Waals surface area (Å²) < 4.78 is 0. The molecule has 0 aliphatic carbocycles. The molecule has 94 valence electrons. The van der Waals surface area contributed by atoms with Gasteiger partial charge in [0, 0.05) is 5.56 Å². The Labute approximate surface area is 163 Å². The quantitative estimate of drug-likeness (QED) is 0.834. The van der Waals surface area contributed by atoms with E-state index in [0.29, 0.717) is 21.3 Å². The summed E-state index contributed by atoms with van der Waals surface area (Å²) >= 11 is 11.8. The molecule has 6 heteroatoms. The number of halogens is 2. The van der Waals surface area contributed by atoms with Crippen LogP contribution >= 0.6 is 23.2 Å². The molecule has 0 unspecified atom stereocenters. The number of hydrogen-bond donors (Lipinski definition) is 2. The van der Waals surface area contributed by atoms with Gasteiger partial charge in [0.15, 0.2) is 0 Å². The number of nitrogens with one attached hydrogen (secondary N) is 1. The van der Waals surface area contributed by atoms with Gasteiger partial charge in [0.05, 0.1) is 15.7 Å². The molecule has 2 aromatic carbocycles. The molecule has 0 aliphatic heterocycles. The average Bonchev–Trinajstić information content (AvgIpc) is 2.36. The van der Waals surface area contributed by atoms with E-state index in [4.69, 9.17) is 28.3 Å². The Morgan fingerprint density at radius 1 is 1.05 bits per heavy atom. The molecule has 0 bridgehead atoms. The molecule has 0 spiro atoms. The van der Waals surface area contributed by atoms with Crippen LogP contribution in [0, 0.1) is 0 Å². The number of benzene rings is 2. The van der Waals surface area contributed by atoms with Crippen molar-refractivity contribution in [1.82, 2.24) is 0 Å². The number of carbonyl (C=O) groups is 1. The van der Waals surface area contributed by atoms with Gasteiger partial charge >= 0.3 is 51.4 Å². The molecule has 0 radical (unpaired) electrons. The first-order chi connectivity index (χ1) is 8.58. The van der Waals surface area contributed by atoms with Crippen molar-refractivity contribution in [1.29, 1.82) is 0 Å². The Bertz CT molecular complexity index is 588. The maximum atomic E-state index is 11.9. The number of anilines is 1. The first-order valence-corrected chi connectivity index (χ1v) is 5.88. The minimum atomic E-state index is -0.320. The van der Waals surface area contributed by atoms with E-state index in [2.05, 4.69) is 5.32 Å². The molecule has 0 heterocycles. The van der Waals surface area contributed by atoms with Gasteiger partial charge in [-0.15, -0.1) is 0 Å². The maximum absolute atomic E-state index is 11.9. The molecule has 0 atom stereocenters. The predicted molar refractivity (Wildman–Crippen MR) is 79.7 cm³/mol. The van der Waals surface area contributed by atoms with E-state index in [1.807, 2.05) is 0 Å². The van der Waals surface area contributed by atoms with Crippen molar-refractivity contribution in [2.45, 2.75) is 0 Å². The molecule has 2 aromatic rings. The minimum absolute atomic E-state index is 0. The molecule has 2 rings (SSSR count). The fourth-order valence-electron chi connectivity index (χ4n) is 1.41. The number of phenols is 1. The fourth-order valence-corrected chi connectivity index (χ4v) is 1.76. The normalized spacial score (nSPS) is 9.58. The summed E-state index contributed by atoms with van der Waals surface area (Å²) in [5.74, 6) is -0.216. The van der Waals surface area contributed by atoms with Gasteiger partial charge in [0.25, 0.3) is 5.91 Å². The number of carbonyl (C=O) groups excluding carboxylic acids is 1. The molecule has 3 nitrogen and oxygen atoms in total. The molecule has 0 aromatic heterocycles. The molecule has 19 heavy (non-hydrogen) atoms. The van der Waals surface area contributed by atoms with Gasteiger partial charge in [-0.05, 0) is 36.4 Å². The van der Waals surface area contributed by atoms with Crippen molar-refractivity contribution < 1.29 is 9.90 Å². The molecule has 0 fully saturated rings. The van der Waals surface area contributed by atoms with Crippen LogP contribution in [0.2, 0.25) is 10.0 Å². The van der Waals surface area contributed by atoms with Crippen molar-refractivity contribution in [3.63, 3.8) is 0 Å². The summed E-state index contributed by atoms with van der Waals surface area (Å²) in [5.41, 5.74) is 0.867. The summed E-state index contributed by atoms with van der Waals surface area (Å²) in [7, 11) is 0. The molecule has 2 N–H and O–H groups in total. The van der Waals surface area contributed by atoms with Crippen LogP contribution in [0.25, 0.3) is 0 Å². The van der Waals surface area contributed by atoms with E-state index in [1.54, 1.807) is 18.2 Å². The summed E-state index contributed by atoms with van der Waals surface area (Å²) in [6.07, 6.45) is 0. The van der Waals surface area contributed by atoms with Crippen LogP contribution in [-0.4, -0.2) is 62.4 Å². The predicted octanol–water partition coefficient (Wildman–Crippen LogP) is 3.30. The SMILES string of the molecule is O=C(Nc1cccc(Cl)c1Cl)c1ccc(O)cc1.[KH]. The molecular weight excluding hydrogens is 312 g/mol. The van der Waals surface area contributed by atoms with Crippen LogP contribution in [0.4, 0.5) is 5.69 Å². The zero-order chi connectivity index (χ0) is 13.1. The van der Waals surface area contributed by atoms with Gasteiger partial charge in [-0.3, -0.25) is 4.79 Å². The summed E-state index contributed by atoms with van der Waals surface area (Å²) in [6.45, 7) is 0. The van der Waals surface area contributed by atoms with Crippen LogP contribution < -0.4 is 5.32 Å². The van der Waals surface area contributed by atoms with E-state index < -0.39 is 0 Å². The van der Waals surface area contributed by atoms with E-state index >= 15 is 0 Å². The number of aromatic hydroxyl groups is 1. The second-order valence-corrected chi connectivity index (χ2v) is 4.39. The summed E-state index contributed by atoms with van der Waals surface area (Å²) in [5, 5.41) is 12.5. The molecule has 1 amide bonds. The van der Waals surface area contributed by atoms with Gasteiger partial charge in [0.1, 0.15) is 5.75 Å². The average molecular weight is 322 g/mol. The van der Waals surface area contributed by atoms with E-state index in [9.17, 15) is 4.79 Å². The first kappa shape index (κ1) is 17.0. The third-order valence-electron chi connectivity index (χ3n) is 2.33. The van der Waals surface area contributed by atoms with E-state index in [-0.39, 0.29) is 63.0 Å². The first-order valence-electron chi connectivity index (χ1n) is 5.12. The van der Waals surface area contributed by atoms with Crippen LogP contribution in [0.15, 0.2) is 42.5 Å². The van der Waals surface area contributed by atoms with Crippen LogP contribution in [0.3, 0.4) is 0 Å². The monoisotopic (exact) mass is 321 g/mol. The van der Waals surface area contributed by atoms with Gasteiger partial charge in [-0.2, -0.15) is 0 Å².